The Kier molecular flexibility index (Phi) is 3.72. The van der Waals surface area contributed by atoms with E-state index in [4.69, 9.17) is 0 Å². The fourth-order valence-corrected chi connectivity index (χ4v) is 7.23. The lowest BCUT2D eigenvalue weighted by Gasteiger charge is -2.35. The van der Waals surface area contributed by atoms with E-state index in [9.17, 15) is 5.11 Å². The van der Waals surface area contributed by atoms with E-state index in [0.29, 0.717) is 17.9 Å². The van der Waals surface area contributed by atoms with Gasteiger partial charge in [0.25, 0.3) is 0 Å². The molecule has 4 aliphatic carbocycles. The second-order valence-electron chi connectivity index (χ2n) is 9.45. The van der Waals surface area contributed by atoms with E-state index in [1.54, 1.807) is 5.57 Å². The highest BCUT2D eigenvalue weighted by Gasteiger charge is 2.68. The van der Waals surface area contributed by atoms with Gasteiger partial charge in [-0.1, -0.05) is 32.4 Å². The summed E-state index contributed by atoms with van der Waals surface area (Å²) in [6.45, 7) is 9.96. The Morgan fingerprint density at radius 3 is 2.77 bits per heavy atom. The lowest BCUT2D eigenvalue weighted by atomic mass is 9.70. The largest absolute Gasteiger partial charge is 0.396 e. The molecule has 1 heteroatoms. The fraction of sp³-hybridized carbons (Fsp3) is 0.905. The first-order chi connectivity index (χ1) is 10.6. The van der Waals surface area contributed by atoms with Crippen LogP contribution in [0.2, 0.25) is 0 Å². The molecule has 0 bridgehead atoms. The number of hydrogen-bond acceptors (Lipinski definition) is 1. The van der Waals surface area contributed by atoms with E-state index >= 15 is 0 Å². The van der Waals surface area contributed by atoms with E-state index in [2.05, 4.69) is 20.4 Å². The average molecular weight is 303 g/mol. The molecule has 124 valence electrons. The Morgan fingerprint density at radius 1 is 1.18 bits per heavy atom. The van der Waals surface area contributed by atoms with Crippen molar-refractivity contribution in [1.29, 1.82) is 0 Å². The minimum atomic E-state index is 0.418. The number of allylic oxidation sites excluding steroid dienone is 1. The van der Waals surface area contributed by atoms with Crippen LogP contribution in [0.15, 0.2) is 12.2 Å². The van der Waals surface area contributed by atoms with Gasteiger partial charge in [0, 0.05) is 6.61 Å². The van der Waals surface area contributed by atoms with Crippen LogP contribution in [0.1, 0.15) is 65.2 Å². The predicted octanol–water partition coefficient (Wildman–Crippen LogP) is 5.05. The van der Waals surface area contributed by atoms with E-state index in [1.165, 1.54) is 51.4 Å². The molecule has 0 aliphatic heterocycles. The molecule has 4 fully saturated rings. The van der Waals surface area contributed by atoms with Crippen LogP contribution in [0.5, 0.6) is 0 Å². The van der Waals surface area contributed by atoms with Crippen LogP contribution >= 0.6 is 0 Å². The van der Waals surface area contributed by atoms with Crippen molar-refractivity contribution in [1.82, 2.24) is 0 Å². The fourth-order valence-electron chi connectivity index (χ4n) is 7.23. The van der Waals surface area contributed by atoms with Crippen molar-refractivity contribution >= 4 is 0 Å². The summed E-state index contributed by atoms with van der Waals surface area (Å²) in [5, 5.41) is 9.61. The lowest BCUT2D eigenvalue weighted by Crippen LogP contribution is -2.28. The third-order valence-electron chi connectivity index (χ3n) is 8.37. The van der Waals surface area contributed by atoms with Gasteiger partial charge in [-0.05, 0) is 91.8 Å². The average Bonchev–Trinajstić information content (AvgIpc) is 2.99. The molecule has 22 heavy (non-hydrogen) atoms. The molecule has 0 aromatic carbocycles. The molecule has 1 N–H and O–H groups in total. The van der Waals surface area contributed by atoms with Gasteiger partial charge in [-0.15, -0.1) is 0 Å². The molecule has 0 amide bonds. The first-order valence-electron chi connectivity index (χ1n) is 9.84. The second kappa shape index (κ2) is 5.36. The molecule has 4 saturated carbocycles. The van der Waals surface area contributed by atoms with Gasteiger partial charge in [-0.25, -0.2) is 0 Å². The first-order valence-corrected chi connectivity index (χ1v) is 9.84. The minimum Gasteiger partial charge on any atom is -0.396 e. The lowest BCUT2D eigenvalue weighted by molar-refractivity contribution is 0.111. The Labute approximate surface area is 136 Å². The third kappa shape index (κ3) is 2.14. The molecule has 4 aliphatic rings. The summed E-state index contributed by atoms with van der Waals surface area (Å²) in [7, 11) is 0. The van der Waals surface area contributed by atoms with Gasteiger partial charge in [0.1, 0.15) is 0 Å². The van der Waals surface area contributed by atoms with Crippen LogP contribution in [0.4, 0.5) is 0 Å². The molecule has 0 spiro atoms. The molecular weight excluding hydrogens is 268 g/mol. The summed E-state index contributed by atoms with van der Waals surface area (Å²) < 4.78 is 0. The first kappa shape index (κ1) is 15.2. The zero-order valence-corrected chi connectivity index (χ0v) is 14.6. The van der Waals surface area contributed by atoms with Crippen molar-refractivity contribution in [2.45, 2.75) is 65.2 Å². The molecule has 1 nitrogen and oxygen atoms in total. The van der Waals surface area contributed by atoms with E-state index in [1.807, 2.05) is 0 Å². The maximum atomic E-state index is 9.61. The van der Waals surface area contributed by atoms with E-state index in [0.717, 1.165) is 35.5 Å². The quantitative estimate of drug-likeness (QED) is 0.708. The molecule has 0 saturated heterocycles. The normalized spacial score (nSPS) is 54.5. The van der Waals surface area contributed by atoms with Gasteiger partial charge in [0.2, 0.25) is 0 Å². The standard InChI is InChI=1S/C21H34O/c1-13-9-17-14(2)7-8-19-20(18(17)10-13)21(19,3)16-6-4-5-15(11-16)12-22/h13,15-20,22H,2,4-12H2,1,3H3. The van der Waals surface area contributed by atoms with Crippen LogP contribution in [0.25, 0.3) is 0 Å². The maximum Gasteiger partial charge on any atom is 0.0459 e. The Hall–Kier alpha value is -0.300. The number of aliphatic hydroxyl groups is 1. The van der Waals surface area contributed by atoms with Crippen LogP contribution in [-0.4, -0.2) is 11.7 Å². The minimum absolute atomic E-state index is 0.418. The van der Waals surface area contributed by atoms with Crippen LogP contribution < -0.4 is 0 Å². The highest BCUT2D eigenvalue weighted by atomic mass is 16.3. The third-order valence-corrected chi connectivity index (χ3v) is 8.37. The van der Waals surface area contributed by atoms with E-state index < -0.39 is 0 Å². The molecule has 0 aromatic rings. The highest BCUT2D eigenvalue weighted by Crippen LogP contribution is 2.74. The van der Waals surface area contributed by atoms with Crippen molar-refractivity contribution in [3.05, 3.63) is 12.2 Å². The highest BCUT2D eigenvalue weighted by molar-refractivity contribution is 5.22. The summed E-state index contributed by atoms with van der Waals surface area (Å²) >= 11 is 0. The Balaban J connectivity index is 1.56. The summed E-state index contributed by atoms with van der Waals surface area (Å²) in [5.74, 6) is 6.10. The smallest absolute Gasteiger partial charge is 0.0459 e. The van der Waals surface area contributed by atoms with Gasteiger partial charge in [-0.3, -0.25) is 0 Å². The number of fused-ring (bicyclic) bond motifs is 3. The van der Waals surface area contributed by atoms with Gasteiger partial charge in [0.05, 0.1) is 0 Å². The molecule has 0 radical (unpaired) electrons. The monoisotopic (exact) mass is 302 g/mol. The van der Waals surface area contributed by atoms with Crippen molar-refractivity contribution in [2.75, 3.05) is 6.61 Å². The SMILES string of the molecule is C=C1CCC2C(C3CC(C)CC13)C2(C)C1CCCC(CO)C1. The molecule has 8 unspecified atom stereocenters. The van der Waals surface area contributed by atoms with Crippen molar-refractivity contribution in [2.24, 2.45) is 46.8 Å². The molecule has 4 rings (SSSR count). The van der Waals surface area contributed by atoms with Gasteiger partial charge in [-0.2, -0.15) is 0 Å². The van der Waals surface area contributed by atoms with Gasteiger partial charge >= 0.3 is 0 Å². The summed E-state index contributed by atoms with van der Waals surface area (Å²) in [6, 6.07) is 0. The number of hydrogen-bond donors (Lipinski definition) is 1. The zero-order valence-electron chi connectivity index (χ0n) is 14.6. The number of rotatable bonds is 2. The molecule has 0 aromatic heterocycles. The van der Waals surface area contributed by atoms with Gasteiger partial charge < -0.3 is 5.11 Å². The Morgan fingerprint density at radius 2 is 2.00 bits per heavy atom. The number of aliphatic hydroxyl groups excluding tert-OH is 1. The maximum absolute atomic E-state index is 9.61. The molecule has 0 heterocycles. The Bertz CT molecular complexity index is 455. The van der Waals surface area contributed by atoms with Crippen LogP contribution in [0, 0.1) is 46.8 Å². The van der Waals surface area contributed by atoms with Crippen molar-refractivity contribution in [3.63, 3.8) is 0 Å². The summed E-state index contributed by atoms with van der Waals surface area (Å²) in [5.41, 5.74) is 2.18. The van der Waals surface area contributed by atoms with Crippen LogP contribution in [-0.2, 0) is 0 Å². The van der Waals surface area contributed by atoms with Crippen molar-refractivity contribution < 1.29 is 5.11 Å². The van der Waals surface area contributed by atoms with Gasteiger partial charge in [0.15, 0.2) is 0 Å². The molecular formula is C21H34O. The predicted molar refractivity (Wildman–Crippen MR) is 91.4 cm³/mol. The summed E-state index contributed by atoms with van der Waals surface area (Å²) in [4.78, 5) is 0. The topological polar surface area (TPSA) is 20.2 Å². The summed E-state index contributed by atoms with van der Waals surface area (Å²) in [6.07, 6.45) is 10.9. The van der Waals surface area contributed by atoms with E-state index in [-0.39, 0.29) is 0 Å². The second-order valence-corrected chi connectivity index (χ2v) is 9.45. The zero-order chi connectivity index (χ0) is 15.5. The van der Waals surface area contributed by atoms with Crippen LogP contribution in [0.3, 0.4) is 0 Å². The van der Waals surface area contributed by atoms with Crippen molar-refractivity contribution in [3.8, 4) is 0 Å². The molecule has 8 atom stereocenters.